The third-order valence-corrected chi connectivity index (χ3v) is 6.74. The Bertz CT molecular complexity index is 575. The Morgan fingerprint density at radius 3 is 2.69 bits per heavy atom. The van der Waals surface area contributed by atoms with E-state index in [1.807, 2.05) is 11.3 Å². The van der Waals surface area contributed by atoms with Gasteiger partial charge in [0.15, 0.2) is 0 Å². The minimum Gasteiger partial charge on any atom is -0.385 e. The molecule has 26 heavy (non-hydrogen) atoms. The number of carbonyl (C=O) groups is 1. The quantitative estimate of drug-likeness (QED) is 0.790. The predicted molar refractivity (Wildman–Crippen MR) is 104 cm³/mol. The summed E-state index contributed by atoms with van der Waals surface area (Å²) in [6, 6.07) is 4.43. The average Bonchev–Trinajstić information content (AvgIpc) is 3.07. The monoisotopic (exact) mass is 380 g/mol. The molecule has 1 aromatic heterocycles. The molecular formula is C20H32N2O3S. The molecule has 0 atom stereocenters. The number of rotatable bonds is 7. The summed E-state index contributed by atoms with van der Waals surface area (Å²) in [5.41, 5.74) is -0.118. The number of carbonyl (C=O) groups excluding carboxylic acids is 1. The second-order valence-corrected chi connectivity index (χ2v) is 9.06. The van der Waals surface area contributed by atoms with Crippen LogP contribution in [0, 0.1) is 12.8 Å². The van der Waals surface area contributed by atoms with Crippen LogP contribution < -0.4 is 5.32 Å². The Labute approximate surface area is 161 Å². The number of hydrogen-bond donors (Lipinski definition) is 1. The summed E-state index contributed by atoms with van der Waals surface area (Å²) in [6.07, 6.45) is 4.57. The molecule has 2 aliphatic heterocycles. The molecule has 0 saturated carbocycles. The third-order valence-electron chi connectivity index (χ3n) is 5.75. The molecule has 3 heterocycles. The van der Waals surface area contributed by atoms with E-state index in [0.717, 1.165) is 51.7 Å². The zero-order valence-electron chi connectivity index (χ0n) is 16.1. The van der Waals surface area contributed by atoms with Gasteiger partial charge in [0.2, 0.25) is 5.91 Å². The lowest BCUT2D eigenvalue weighted by atomic mass is 9.83. The van der Waals surface area contributed by atoms with Gasteiger partial charge >= 0.3 is 0 Å². The van der Waals surface area contributed by atoms with Crippen molar-refractivity contribution in [2.45, 2.75) is 51.1 Å². The number of nitrogens with one attached hydrogen (secondary N) is 1. The van der Waals surface area contributed by atoms with Crippen molar-refractivity contribution in [3.63, 3.8) is 0 Å². The van der Waals surface area contributed by atoms with Crippen molar-refractivity contribution in [1.29, 1.82) is 0 Å². The van der Waals surface area contributed by atoms with Gasteiger partial charge in [-0.15, -0.1) is 11.3 Å². The van der Waals surface area contributed by atoms with E-state index >= 15 is 0 Å². The third kappa shape index (κ3) is 5.28. The van der Waals surface area contributed by atoms with E-state index in [2.05, 4.69) is 29.3 Å². The van der Waals surface area contributed by atoms with Gasteiger partial charge in [-0.1, -0.05) is 0 Å². The van der Waals surface area contributed by atoms with Crippen LogP contribution in [0.5, 0.6) is 0 Å². The van der Waals surface area contributed by atoms with Gasteiger partial charge in [0.05, 0.1) is 0 Å². The van der Waals surface area contributed by atoms with Crippen molar-refractivity contribution in [3.05, 3.63) is 21.9 Å². The molecule has 2 fully saturated rings. The molecule has 0 bridgehead atoms. The highest BCUT2D eigenvalue weighted by Crippen LogP contribution is 2.29. The molecule has 5 nitrogen and oxygen atoms in total. The zero-order chi connectivity index (χ0) is 18.4. The molecule has 0 spiro atoms. The van der Waals surface area contributed by atoms with Crippen molar-refractivity contribution in [1.82, 2.24) is 10.2 Å². The number of methoxy groups -OCH3 is 1. The Balaban J connectivity index is 1.56. The maximum atomic E-state index is 12.8. The largest absolute Gasteiger partial charge is 0.385 e. The van der Waals surface area contributed by atoms with Crippen LogP contribution in [0.1, 0.15) is 41.9 Å². The number of aryl methyl sites for hydroxylation is 1. The van der Waals surface area contributed by atoms with Gasteiger partial charge in [0.1, 0.15) is 0 Å². The summed E-state index contributed by atoms with van der Waals surface area (Å²) >= 11 is 1.88. The van der Waals surface area contributed by atoms with Crippen LogP contribution in [0.15, 0.2) is 12.1 Å². The number of likely N-dealkylation sites (tertiary alicyclic amines) is 1. The Kier molecular flexibility index (Phi) is 7.09. The molecular weight excluding hydrogens is 348 g/mol. The summed E-state index contributed by atoms with van der Waals surface area (Å²) in [5.74, 6) is 0.321. The molecule has 1 aromatic rings. The van der Waals surface area contributed by atoms with Gasteiger partial charge in [-0.05, 0) is 51.2 Å². The van der Waals surface area contributed by atoms with Crippen molar-refractivity contribution in [2.24, 2.45) is 5.92 Å². The minimum atomic E-state index is -0.118. The van der Waals surface area contributed by atoms with Gasteiger partial charge in [0, 0.05) is 67.8 Å². The molecule has 1 N–H and O–H groups in total. The summed E-state index contributed by atoms with van der Waals surface area (Å²) in [7, 11) is 1.74. The van der Waals surface area contributed by atoms with Gasteiger partial charge in [-0.25, -0.2) is 0 Å². The lowest BCUT2D eigenvalue weighted by molar-refractivity contribution is -0.130. The number of thiophene rings is 1. The second kappa shape index (κ2) is 9.31. The van der Waals surface area contributed by atoms with E-state index in [4.69, 9.17) is 9.47 Å². The average molecular weight is 381 g/mol. The Morgan fingerprint density at radius 2 is 2.08 bits per heavy atom. The lowest BCUT2D eigenvalue weighted by Gasteiger charge is -2.43. The van der Waals surface area contributed by atoms with Crippen molar-refractivity contribution in [3.8, 4) is 0 Å². The van der Waals surface area contributed by atoms with E-state index in [0.29, 0.717) is 19.8 Å². The Hall–Kier alpha value is -0.950. The van der Waals surface area contributed by atoms with E-state index in [-0.39, 0.29) is 17.4 Å². The fourth-order valence-corrected chi connectivity index (χ4v) is 4.92. The number of hydrogen-bond acceptors (Lipinski definition) is 5. The molecule has 0 radical (unpaired) electrons. The minimum absolute atomic E-state index is 0.107. The molecule has 0 unspecified atom stereocenters. The number of piperidine rings is 1. The summed E-state index contributed by atoms with van der Waals surface area (Å²) in [5, 5.41) is 3.43. The summed E-state index contributed by atoms with van der Waals surface area (Å²) in [6.45, 7) is 7.33. The first kappa shape index (κ1) is 19.8. The van der Waals surface area contributed by atoms with Gasteiger partial charge < -0.3 is 14.8 Å². The van der Waals surface area contributed by atoms with Crippen LogP contribution in [0.3, 0.4) is 0 Å². The standard InChI is InChI=1S/C20H32N2O3S/c1-16-3-4-18(26-16)15-22-10-7-20(8-11-22,9-14-24-2)21-19(23)17-5-12-25-13-6-17/h3-4,17H,5-15H2,1-2H3,(H,21,23). The van der Waals surface area contributed by atoms with E-state index in [1.165, 1.54) is 9.75 Å². The maximum absolute atomic E-state index is 12.8. The van der Waals surface area contributed by atoms with Crippen LogP contribution >= 0.6 is 11.3 Å². The van der Waals surface area contributed by atoms with E-state index in [1.54, 1.807) is 7.11 Å². The SMILES string of the molecule is COCCC1(NC(=O)C2CCOCC2)CCN(Cc2ccc(C)s2)CC1. The maximum Gasteiger partial charge on any atom is 0.223 e. The van der Waals surface area contributed by atoms with Gasteiger partial charge in [-0.3, -0.25) is 9.69 Å². The number of amides is 1. The van der Waals surface area contributed by atoms with Crippen molar-refractivity contribution < 1.29 is 14.3 Å². The topological polar surface area (TPSA) is 50.8 Å². The van der Waals surface area contributed by atoms with E-state index in [9.17, 15) is 4.79 Å². The summed E-state index contributed by atoms with van der Waals surface area (Å²) < 4.78 is 10.7. The highest BCUT2D eigenvalue weighted by molar-refractivity contribution is 7.11. The summed E-state index contributed by atoms with van der Waals surface area (Å²) in [4.78, 5) is 18.1. The predicted octanol–water partition coefficient (Wildman–Crippen LogP) is 2.97. The number of ether oxygens (including phenoxy) is 2. The van der Waals surface area contributed by atoms with E-state index < -0.39 is 0 Å². The fourth-order valence-electron chi connectivity index (χ4n) is 3.99. The van der Waals surface area contributed by atoms with Crippen LogP contribution in [-0.2, 0) is 20.8 Å². The molecule has 2 aliphatic rings. The Morgan fingerprint density at radius 1 is 1.35 bits per heavy atom. The second-order valence-electron chi connectivity index (χ2n) is 7.69. The first-order valence-corrected chi connectivity index (χ1v) is 10.6. The van der Waals surface area contributed by atoms with Crippen LogP contribution in [0.25, 0.3) is 0 Å². The smallest absolute Gasteiger partial charge is 0.223 e. The van der Waals surface area contributed by atoms with Gasteiger partial charge in [0.25, 0.3) is 0 Å². The van der Waals surface area contributed by atoms with Crippen molar-refractivity contribution in [2.75, 3.05) is 40.0 Å². The van der Waals surface area contributed by atoms with Crippen LogP contribution in [0.4, 0.5) is 0 Å². The molecule has 2 saturated heterocycles. The number of nitrogens with zero attached hydrogens (tertiary/aromatic N) is 1. The highest BCUT2D eigenvalue weighted by atomic mass is 32.1. The molecule has 1 amide bonds. The molecule has 6 heteroatoms. The fraction of sp³-hybridized carbons (Fsp3) is 0.750. The highest BCUT2D eigenvalue weighted by Gasteiger charge is 2.37. The molecule has 0 aliphatic carbocycles. The van der Waals surface area contributed by atoms with Crippen molar-refractivity contribution >= 4 is 17.2 Å². The molecule has 146 valence electrons. The molecule has 3 rings (SSSR count). The van der Waals surface area contributed by atoms with Crippen LogP contribution in [-0.4, -0.2) is 56.4 Å². The molecule has 0 aromatic carbocycles. The van der Waals surface area contributed by atoms with Crippen LogP contribution in [0.2, 0.25) is 0 Å². The first-order chi connectivity index (χ1) is 12.6. The normalized spacial score (nSPS) is 21.6. The zero-order valence-corrected chi connectivity index (χ0v) is 16.9. The lowest BCUT2D eigenvalue weighted by Crippen LogP contribution is -2.57. The first-order valence-electron chi connectivity index (χ1n) is 9.77. The van der Waals surface area contributed by atoms with Gasteiger partial charge in [-0.2, -0.15) is 0 Å².